The molecule has 0 spiro atoms. The molecule has 2 rings (SSSR count). The van der Waals surface area contributed by atoms with Crippen molar-refractivity contribution >= 4 is 11.7 Å². The van der Waals surface area contributed by atoms with E-state index in [1.165, 1.54) is 0 Å². The van der Waals surface area contributed by atoms with Gasteiger partial charge >= 0.3 is 5.97 Å². The lowest BCUT2D eigenvalue weighted by Gasteiger charge is -2.08. The highest BCUT2D eigenvalue weighted by atomic mass is 16.4. The second-order valence-corrected chi connectivity index (χ2v) is 3.61. The molecule has 88 valence electrons. The van der Waals surface area contributed by atoms with Crippen LogP contribution in [0, 0.1) is 0 Å². The smallest absolute Gasteiger partial charge is 0.337 e. The SMILES string of the molecule is O=C(O)c1ccccc1NCCc1ccco1. The number of anilines is 1. The maximum absolute atomic E-state index is 11.0. The van der Waals surface area contributed by atoms with E-state index < -0.39 is 5.97 Å². The number of hydrogen-bond acceptors (Lipinski definition) is 3. The zero-order chi connectivity index (χ0) is 12.1. The first-order chi connectivity index (χ1) is 8.27. The van der Waals surface area contributed by atoms with Crippen LogP contribution in [0.15, 0.2) is 47.1 Å². The Morgan fingerprint density at radius 2 is 2.06 bits per heavy atom. The quantitative estimate of drug-likeness (QED) is 0.830. The minimum atomic E-state index is -0.925. The highest BCUT2D eigenvalue weighted by molar-refractivity contribution is 5.94. The average molecular weight is 231 g/mol. The average Bonchev–Trinajstić information content (AvgIpc) is 2.82. The molecule has 0 radical (unpaired) electrons. The van der Waals surface area contributed by atoms with Crippen LogP contribution in [-0.2, 0) is 6.42 Å². The van der Waals surface area contributed by atoms with Crippen molar-refractivity contribution in [1.82, 2.24) is 0 Å². The van der Waals surface area contributed by atoms with Crippen molar-refractivity contribution in [2.45, 2.75) is 6.42 Å². The van der Waals surface area contributed by atoms with Crippen LogP contribution >= 0.6 is 0 Å². The van der Waals surface area contributed by atoms with E-state index in [1.807, 2.05) is 18.2 Å². The summed E-state index contributed by atoms with van der Waals surface area (Å²) in [4.78, 5) is 11.0. The maximum atomic E-state index is 11.0. The van der Waals surface area contributed by atoms with E-state index in [1.54, 1.807) is 24.5 Å². The molecule has 0 aliphatic heterocycles. The second-order valence-electron chi connectivity index (χ2n) is 3.61. The van der Waals surface area contributed by atoms with Gasteiger partial charge in [-0.1, -0.05) is 12.1 Å². The third-order valence-electron chi connectivity index (χ3n) is 2.42. The summed E-state index contributed by atoms with van der Waals surface area (Å²) in [5.74, 6) is -0.0450. The molecule has 0 amide bonds. The molecular formula is C13H13NO3. The number of furan rings is 1. The number of benzene rings is 1. The largest absolute Gasteiger partial charge is 0.478 e. The second kappa shape index (κ2) is 5.21. The predicted octanol–water partition coefficient (Wildman–Crippen LogP) is 2.63. The number of carboxylic acids is 1. The lowest BCUT2D eigenvalue weighted by molar-refractivity contribution is 0.0698. The van der Waals surface area contributed by atoms with E-state index >= 15 is 0 Å². The van der Waals surface area contributed by atoms with Gasteiger partial charge in [0.05, 0.1) is 11.8 Å². The van der Waals surface area contributed by atoms with Gasteiger partial charge in [0.1, 0.15) is 5.76 Å². The first kappa shape index (κ1) is 11.3. The third kappa shape index (κ3) is 2.87. The van der Waals surface area contributed by atoms with Crippen LogP contribution in [-0.4, -0.2) is 17.6 Å². The van der Waals surface area contributed by atoms with Gasteiger partial charge < -0.3 is 14.8 Å². The summed E-state index contributed by atoms with van der Waals surface area (Å²) in [7, 11) is 0. The highest BCUT2D eigenvalue weighted by Crippen LogP contribution is 2.14. The van der Waals surface area contributed by atoms with Gasteiger partial charge in [-0.15, -0.1) is 0 Å². The van der Waals surface area contributed by atoms with Crippen LogP contribution in [0.5, 0.6) is 0 Å². The van der Waals surface area contributed by atoms with Crippen LogP contribution in [0.3, 0.4) is 0 Å². The molecule has 2 N–H and O–H groups in total. The van der Waals surface area contributed by atoms with E-state index in [2.05, 4.69) is 5.32 Å². The van der Waals surface area contributed by atoms with Crippen molar-refractivity contribution in [1.29, 1.82) is 0 Å². The Hall–Kier alpha value is -2.23. The molecule has 0 bridgehead atoms. The van der Waals surface area contributed by atoms with E-state index in [9.17, 15) is 4.79 Å². The normalized spacial score (nSPS) is 10.1. The van der Waals surface area contributed by atoms with Crippen molar-refractivity contribution in [3.63, 3.8) is 0 Å². The van der Waals surface area contributed by atoms with Crippen LogP contribution in [0.4, 0.5) is 5.69 Å². The number of carboxylic acid groups (broad SMARTS) is 1. The summed E-state index contributed by atoms with van der Waals surface area (Å²) < 4.78 is 5.19. The lowest BCUT2D eigenvalue weighted by atomic mass is 10.2. The highest BCUT2D eigenvalue weighted by Gasteiger charge is 2.08. The molecule has 0 saturated carbocycles. The molecule has 0 aliphatic rings. The fraction of sp³-hybridized carbons (Fsp3) is 0.154. The van der Waals surface area contributed by atoms with Crippen LogP contribution in [0.2, 0.25) is 0 Å². The van der Waals surface area contributed by atoms with E-state index in [-0.39, 0.29) is 5.56 Å². The van der Waals surface area contributed by atoms with Crippen molar-refractivity contribution in [3.8, 4) is 0 Å². The van der Waals surface area contributed by atoms with Gasteiger partial charge in [-0.05, 0) is 24.3 Å². The molecule has 4 heteroatoms. The summed E-state index contributed by atoms with van der Waals surface area (Å²) in [6.45, 7) is 0.637. The summed E-state index contributed by atoms with van der Waals surface area (Å²) in [6, 6.07) is 10.6. The first-order valence-corrected chi connectivity index (χ1v) is 5.36. The Morgan fingerprint density at radius 1 is 1.24 bits per heavy atom. The topological polar surface area (TPSA) is 62.5 Å². The summed E-state index contributed by atoms with van der Waals surface area (Å²) >= 11 is 0. The number of rotatable bonds is 5. The Kier molecular flexibility index (Phi) is 3.45. The summed E-state index contributed by atoms with van der Waals surface area (Å²) in [6.07, 6.45) is 2.35. The molecule has 4 nitrogen and oxygen atoms in total. The minimum Gasteiger partial charge on any atom is -0.478 e. The van der Waals surface area contributed by atoms with Gasteiger partial charge in [0.2, 0.25) is 0 Å². The van der Waals surface area contributed by atoms with Crippen LogP contribution in [0.1, 0.15) is 16.1 Å². The lowest BCUT2D eigenvalue weighted by Crippen LogP contribution is -2.09. The zero-order valence-electron chi connectivity index (χ0n) is 9.22. The van der Waals surface area contributed by atoms with E-state index in [0.29, 0.717) is 12.2 Å². The third-order valence-corrected chi connectivity index (χ3v) is 2.42. The number of carbonyl (C=O) groups is 1. The molecule has 0 aliphatic carbocycles. The minimum absolute atomic E-state index is 0.284. The summed E-state index contributed by atoms with van der Waals surface area (Å²) in [5.41, 5.74) is 0.915. The van der Waals surface area contributed by atoms with Crippen molar-refractivity contribution in [2.24, 2.45) is 0 Å². The summed E-state index contributed by atoms with van der Waals surface area (Å²) in [5, 5.41) is 12.1. The van der Waals surface area contributed by atoms with E-state index in [0.717, 1.165) is 12.2 Å². The Labute approximate surface area is 98.9 Å². The first-order valence-electron chi connectivity index (χ1n) is 5.36. The van der Waals surface area contributed by atoms with Crippen molar-refractivity contribution < 1.29 is 14.3 Å². The van der Waals surface area contributed by atoms with Crippen molar-refractivity contribution in [2.75, 3.05) is 11.9 Å². The fourth-order valence-electron chi connectivity index (χ4n) is 1.60. The number of aromatic carboxylic acids is 1. The molecule has 0 saturated heterocycles. The van der Waals surface area contributed by atoms with Gasteiger partial charge in [0.15, 0.2) is 0 Å². The van der Waals surface area contributed by atoms with Crippen LogP contribution < -0.4 is 5.32 Å². The van der Waals surface area contributed by atoms with Gasteiger partial charge in [-0.3, -0.25) is 0 Å². The van der Waals surface area contributed by atoms with Gasteiger partial charge in [-0.2, -0.15) is 0 Å². The van der Waals surface area contributed by atoms with Crippen molar-refractivity contribution in [3.05, 3.63) is 54.0 Å². The fourth-order valence-corrected chi connectivity index (χ4v) is 1.60. The number of para-hydroxylation sites is 1. The molecule has 1 heterocycles. The number of hydrogen-bond donors (Lipinski definition) is 2. The molecular weight excluding hydrogens is 218 g/mol. The van der Waals surface area contributed by atoms with Crippen LogP contribution in [0.25, 0.3) is 0 Å². The monoisotopic (exact) mass is 231 g/mol. The number of nitrogens with one attached hydrogen (secondary N) is 1. The van der Waals surface area contributed by atoms with Gasteiger partial charge in [-0.25, -0.2) is 4.79 Å². The Bertz CT molecular complexity index is 491. The van der Waals surface area contributed by atoms with Gasteiger partial charge in [0, 0.05) is 18.7 Å². The van der Waals surface area contributed by atoms with E-state index in [4.69, 9.17) is 9.52 Å². The van der Waals surface area contributed by atoms with Gasteiger partial charge in [0.25, 0.3) is 0 Å². The zero-order valence-corrected chi connectivity index (χ0v) is 9.22. The molecule has 1 aromatic carbocycles. The molecule has 0 atom stereocenters. The maximum Gasteiger partial charge on any atom is 0.337 e. The molecule has 17 heavy (non-hydrogen) atoms. The molecule has 0 unspecified atom stereocenters. The Balaban J connectivity index is 1.97. The molecule has 0 fully saturated rings. The Morgan fingerprint density at radius 3 is 2.76 bits per heavy atom. The molecule has 2 aromatic rings. The molecule has 1 aromatic heterocycles. The predicted molar refractivity (Wildman–Crippen MR) is 64.3 cm³/mol. The standard InChI is InChI=1S/C13H13NO3/c15-13(16)11-5-1-2-6-12(11)14-8-7-10-4-3-9-17-10/h1-6,9,14H,7-8H2,(H,15,16).